The standard InChI is InChI=1S/C13H9BrF3N3O.C7H6ClNO.C6H7BrN2/c14-8-4-5-9(18-6-8)7-19-12(21)10-2-1-3-11(20-10)13(15,16)17;1-5-3-2-4-6(9-5)7(8)10;7-5-1-2-6(3-8)9-4-5/h1-6H,7H2,(H,19,21);2-4H,1H3;1-2,4H,3,8H2. The highest BCUT2D eigenvalue weighted by Gasteiger charge is 2.32. The summed E-state index contributed by atoms with van der Waals surface area (Å²) in [6.07, 6.45) is -1.28. The number of nitrogens with zero attached hydrogens (tertiary/aromatic N) is 4. The summed E-state index contributed by atoms with van der Waals surface area (Å²) in [6, 6.07) is 15.6. The summed E-state index contributed by atoms with van der Waals surface area (Å²) in [5.74, 6) is -0.689. The van der Waals surface area contributed by atoms with Crippen LogP contribution in [0.2, 0.25) is 0 Å². The van der Waals surface area contributed by atoms with Crippen LogP contribution < -0.4 is 11.1 Å². The lowest BCUT2D eigenvalue weighted by Crippen LogP contribution is -2.25. The summed E-state index contributed by atoms with van der Waals surface area (Å²) < 4.78 is 39.3. The highest BCUT2D eigenvalue weighted by atomic mass is 79.9. The van der Waals surface area contributed by atoms with Gasteiger partial charge in [-0.25, -0.2) is 9.97 Å². The van der Waals surface area contributed by atoms with Crippen LogP contribution >= 0.6 is 43.5 Å². The molecule has 0 spiro atoms. The largest absolute Gasteiger partial charge is 0.433 e. The van der Waals surface area contributed by atoms with Crippen LogP contribution in [0.1, 0.15) is 43.8 Å². The van der Waals surface area contributed by atoms with E-state index in [2.05, 4.69) is 57.1 Å². The molecule has 0 fully saturated rings. The van der Waals surface area contributed by atoms with E-state index in [0.29, 0.717) is 17.9 Å². The van der Waals surface area contributed by atoms with E-state index in [1.54, 1.807) is 36.7 Å². The molecule has 1 amide bonds. The molecule has 4 heterocycles. The number of alkyl halides is 3. The summed E-state index contributed by atoms with van der Waals surface area (Å²) in [4.78, 5) is 37.5. The Morgan fingerprint density at radius 2 is 1.45 bits per heavy atom. The van der Waals surface area contributed by atoms with Crippen LogP contribution in [0.3, 0.4) is 0 Å². The van der Waals surface area contributed by atoms with Crippen molar-refractivity contribution < 1.29 is 22.8 Å². The minimum atomic E-state index is -4.58. The third kappa shape index (κ3) is 11.9. The van der Waals surface area contributed by atoms with Gasteiger partial charge in [0.2, 0.25) is 0 Å². The molecule has 0 saturated carbocycles. The number of carbonyl (C=O) groups excluding carboxylic acids is 2. The number of carbonyl (C=O) groups is 2. The summed E-state index contributed by atoms with van der Waals surface area (Å²) in [6.45, 7) is 2.42. The van der Waals surface area contributed by atoms with E-state index in [-0.39, 0.29) is 12.2 Å². The Kier molecular flexibility index (Phi) is 13.3. The van der Waals surface area contributed by atoms with E-state index >= 15 is 0 Å². The molecule has 0 aliphatic heterocycles. The lowest BCUT2D eigenvalue weighted by molar-refractivity contribution is -0.141. The molecule has 0 radical (unpaired) electrons. The molecule has 14 heteroatoms. The molecule has 0 saturated heterocycles. The predicted molar refractivity (Wildman–Crippen MR) is 151 cm³/mol. The summed E-state index contributed by atoms with van der Waals surface area (Å²) in [5.41, 5.74) is 6.53. The molecule has 40 heavy (non-hydrogen) atoms. The van der Waals surface area contributed by atoms with Crippen LogP contribution in [0.4, 0.5) is 13.2 Å². The van der Waals surface area contributed by atoms with Gasteiger partial charge in [0.1, 0.15) is 17.1 Å². The summed E-state index contributed by atoms with van der Waals surface area (Å²) >= 11 is 11.7. The molecule has 0 bridgehead atoms. The Balaban J connectivity index is 0.000000243. The molecule has 0 atom stereocenters. The predicted octanol–water partition coefficient (Wildman–Crippen LogP) is 6.26. The molecule has 4 aromatic rings. The topological polar surface area (TPSA) is 124 Å². The maximum Gasteiger partial charge on any atom is 0.433 e. The zero-order chi connectivity index (χ0) is 29.7. The third-order valence-electron chi connectivity index (χ3n) is 4.58. The van der Waals surface area contributed by atoms with Crippen molar-refractivity contribution in [2.45, 2.75) is 26.2 Å². The lowest BCUT2D eigenvalue weighted by atomic mass is 10.2. The highest BCUT2D eigenvalue weighted by molar-refractivity contribution is 9.10. The second-order valence-electron chi connectivity index (χ2n) is 7.67. The lowest BCUT2D eigenvalue weighted by Gasteiger charge is -2.08. The number of rotatable bonds is 5. The van der Waals surface area contributed by atoms with E-state index in [0.717, 1.165) is 32.5 Å². The van der Waals surface area contributed by atoms with Gasteiger partial charge in [-0.1, -0.05) is 12.1 Å². The fourth-order valence-electron chi connectivity index (χ4n) is 2.67. The first-order valence-corrected chi connectivity index (χ1v) is 13.2. The number of nitrogens with two attached hydrogens (primary N) is 1. The average Bonchev–Trinajstić information content (AvgIpc) is 2.93. The zero-order valence-electron chi connectivity index (χ0n) is 20.8. The van der Waals surface area contributed by atoms with Crippen molar-refractivity contribution >= 4 is 54.6 Å². The van der Waals surface area contributed by atoms with E-state index in [1.165, 1.54) is 6.07 Å². The van der Waals surface area contributed by atoms with Gasteiger partial charge in [-0.3, -0.25) is 19.6 Å². The fraction of sp³-hybridized carbons (Fsp3) is 0.154. The molecular weight excluding hydrogens is 681 g/mol. The van der Waals surface area contributed by atoms with Gasteiger partial charge < -0.3 is 11.1 Å². The van der Waals surface area contributed by atoms with Crippen molar-refractivity contribution in [3.05, 3.63) is 116 Å². The van der Waals surface area contributed by atoms with Crippen molar-refractivity contribution in [3.8, 4) is 0 Å². The van der Waals surface area contributed by atoms with Crippen molar-refractivity contribution in [1.29, 1.82) is 0 Å². The van der Waals surface area contributed by atoms with Crippen molar-refractivity contribution in [2.24, 2.45) is 5.73 Å². The third-order valence-corrected chi connectivity index (χ3v) is 5.71. The maximum atomic E-state index is 12.5. The van der Waals surface area contributed by atoms with Gasteiger partial charge in [-0.2, -0.15) is 13.2 Å². The van der Waals surface area contributed by atoms with Gasteiger partial charge in [0, 0.05) is 33.6 Å². The first kappa shape index (κ1) is 32.9. The average molecular weight is 703 g/mol. The fourth-order valence-corrected chi connectivity index (χ4v) is 3.25. The van der Waals surface area contributed by atoms with Crippen molar-refractivity contribution in [3.63, 3.8) is 0 Å². The first-order valence-electron chi connectivity index (χ1n) is 11.3. The number of halogens is 6. The van der Waals surface area contributed by atoms with Crippen molar-refractivity contribution in [1.82, 2.24) is 25.3 Å². The quantitative estimate of drug-likeness (QED) is 0.236. The van der Waals surface area contributed by atoms with Crippen LogP contribution in [0.25, 0.3) is 0 Å². The van der Waals surface area contributed by atoms with Gasteiger partial charge in [0.05, 0.1) is 17.9 Å². The summed E-state index contributed by atoms with van der Waals surface area (Å²) in [7, 11) is 0. The SMILES string of the molecule is Cc1cccc(C(=O)Cl)n1.NCc1ccc(Br)cn1.O=C(NCc1ccc(Br)cn1)c1cccc(C(F)(F)F)n1. The van der Waals surface area contributed by atoms with E-state index in [9.17, 15) is 22.8 Å². The normalized spacial score (nSPS) is 10.4. The van der Waals surface area contributed by atoms with Gasteiger partial charge in [-0.05, 0) is 98.9 Å². The number of pyridine rings is 4. The van der Waals surface area contributed by atoms with Crippen LogP contribution in [-0.2, 0) is 19.3 Å². The van der Waals surface area contributed by atoms with Crippen LogP contribution in [0.15, 0.2) is 82.0 Å². The minimum absolute atomic E-state index is 0.101. The molecule has 0 unspecified atom stereocenters. The molecule has 4 aromatic heterocycles. The molecule has 210 valence electrons. The van der Waals surface area contributed by atoms with E-state index in [4.69, 9.17) is 17.3 Å². The van der Waals surface area contributed by atoms with E-state index in [1.807, 2.05) is 25.1 Å². The smallest absolute Gasteiger partial charge is 0.345 e. The van der Waals surface area contributed by atoms with Crippen molar-refractivity contribution in [2.75, 3.05) is 0 Å². The van der Waals surface area contributed by atoms with Crippen LogP contribution in [0, 0.1) is 6.92 Å². The Morgan fingerprint density at radius 1 is 0.875 bits per heavy atom. The van der Waals surface area contributed by atoms with Gasteiger partial charge in [0.15, 0.2) is 0 Å². The number of amides is 1. The molecule has 4 rings (SSSR count). The first-order chi connectivity index (χ1) is 18.9. The Labute approximate surface area is 249 Å². The van der Waals surface area contributed by atoms with Gasteiger partial charge >= 0.3 is 6.18 Å². The molecule has 0 aliphatic rings. The number of hydrogen-bond donors (Lipinski definition) is 2. The molecule has 8 nitrogen and oxygen atoms in total. The van der Waals surface area contributed by atoms with Crippen LogP contribution in [-0.4, -0.2) is 31.1 Å². The minimum Gasteiger partial charge on any atom is -0.345 e. The molecule has 0 aromatic carbocycles. The Bertz CT molecular complexity index is 1410. The molecule has 0 aliphatic carbocycles. The number of nitrogens with one attached hydrogen (secondary N) is 1. The summed E-state index contributed by atoms with van der Waals surface area (Å²) in [5, 5.41) is 1.96. The number of aromatic nitrogens is 4. The molecular formula is C26H22Br2ClF3N6O2. The van der Waals surface area contributed by atoms with E-state index < -0.39 is 23.0 Å². The number of aryl methyl sites for hydroxylation is 1. The van der Waals surface area contributed by atoms with Crippen LogP contribution in [0.5, 0.6) is 0 Å². The maximum absolute atomic E-state index is 12.5. The Hall–Kier alpha value is -3.26. The Morgan fingerprint density at radius 3 is 1.93 bits per heavy atom. The number of hydrogen-bond acceptors (Lipinski definition) is 7. The van der Waals surface area contributed by atoms with Gasteiger partial charge in [-0.15, -0.1) is 0 Å². The molecule has 3 N–H and O–H groups in total. The zero-order valence-corrected chi connectivity index (χ0v) is 24.7. The van der Waals surface area contributed by atoms with Gasteiger partial charge in [0.25, 0.3) is 11.1 Å². The monoisotopic (exact) mass is 700 g/mol. The highest BCUT2D eigenvalue weighted by Crippen LogP contribution is 2.27. The second kappa shape index (κ2) is 16.1. The second-order valence-corrected chi connectivity index (χ2v) is 9.84.